The van der Waals surface area contributed by atoms with Crippen LogP contribution < -0.4 is 5.32 Å². The standard InChI is InChI=1S/C22H31N3O4/c1-3-4-9-28-13-20(26)25-12-18-17(19-5-7-22(18,14-25)29-19)11-24-21(27)16-10-23-8-6-15(16)2/h6,8,10,17-19H,3-5,7,9,11-14H2,1-2H3,(H,24,27)/t17-,18+,19+,22+/m0/s1. The van der Waals surface area contributed by atoms with E-state index in [9.17, 15) is 9.59 Å². The summed E-state index contributed by atoms with van der Waals surface area (Å²) >= 11 is 0. The predicted molar refractivity (Wildman–Crippen MR) is 107 cm³/mol. The fraction of sp³-hybridized carbons (Fsp3) is 0.682. The second-order valence-corrected chi connectivity index (χ2v) is 8.61. The van der Waals surface area contributed by atoms with Crippen molar-refractivity contribution < 1.29 is 19.1 Å². The molecule has 3 aliphatic rings. The van der Waals surface area contributed by atoms with Crippen molar-refractivity contribution in [2.24, 2.45) is 11.8 Å². The Morgan fingerprint density at radius 1 is 1.45 bits per heavy atom. The first-order valence-corrected chi connectivity index (χ1v) is 10.8. The van der Waals surface area contributed by atoms with Crippen molar-refractivity contribution in [3.8, 4) is 0 Å². The van der Waals surface area contributed by atoms with Gasteiger partial charge >= 0.3 is 0 Å². The highest BCUT2D eigenvalue weighted by atomic mass is 16.5. The second-order valence-electron chi connectivity index (χ2n) is 8.61. The summed E-state index contributed by atoms with van der Waals surface area (Å²) in [5.41, 5.74) is 1.29. The topological polar surface area (TPSA) is 80.8 Å². The number of pyridine rings is 1. The Hall–Kier alpha value is -1.99. The Kier molecular flexibility index (Phi) is 5.88. The smallest absolute Gasteiger partial charge is 0.253 e. The van der Waals surface area contributed by atoms with E-state index in [2.05, 4.69) is 17.2 Å². The molecule has 2 bridgehead atoms. The highest BCUT2D eigenvalue weighted by molar-refractivity contribution is 5.95. The van der Waals surface area contributed by atoms with Gasteiger partial charge in [0.25, 0.3) is 5.91 Å². The maximum atomic E-state index is 12.6. The van der Waals surface area contributed by atoms with Crippen molar-refractivity contribution in [3.05, 3.63) is 29.6 Å². The molecular formula is C22H31N3O4. The number of rotatable bonds is 8. The van der Waals surface area contributed by atoms with Crippen molar-refractivity contribution in [2.45, 2.75) is 51.2 Å². The first kappa shape index (κ1) is 20.3. The monoisotopic (exact) mass is 401 g/mol. The molecule has 2 amide bonds. The molecule has 7 nitrogen and oxygen atoms in total. The molecule has 29 heavy (non-hydrogen) atoms. The molecule has 0 saturated carbocycles. The number of hydrogen-bond acceptors (Lipinski definition) is 5. The van der Waals surface area contributed by atoms with Crippen LogP contribution in [0.4, 0.5) is 0 Å². The average Bonchev–Trinajstić information content (AvgIpc) is 3.38. The summed E-state index contributed by atoms with van der Waals surface area (Å²) in [6.45, 7) is 6.71. The van der Waals surface area contributed by atoms with E-state index in [0.717, 1.165) is 31.2 Å². The van der Waals surface area contributed by atoms with Crippen molar-refractivity contribution in [1.29, 1.82) is 0 Å². The zero-order valence-electron chi connectivity index (χ0n) is 17.4. The number of aryl methyl sites for hydroxylation is 1. The van der Waals surface area contributed by atoms with Crippen LogP contribution in [0.25, 0.3) is 0 Å². The Bertz CT molecular complexity index is 770. The molecule has 3 fully saturated rings. The van der Waals surface area contributed by atoms with Gasteiger partial charge in [-0.05, 0) is 37.8 Å². The fourth-order valence-corrected chi connectivity index (χ4v) is 5.16. The van der Waals surface area contributed by atoms with Gasteiger partial charge < -0.3 is 19.7 Å². The van der Waals surface area contributed by atoms with E-state index in [1.807, 2.05) is 17.9 Å². The fourth-order valence-electron chi connectivity index (χ4n) is 5.16. The minimum absolute atomic E-state index is 0.0469. The number of hydrogen-bond donors (Lipinski definition) is 1. The molecule has 0 aliphatic carbocycles. The number of likely N-dealkylation sites (tertiary alicyclic amines) is 1. The lowest BCUT2D eigenvalue weighted by Crippen LogP contribution is -2.42. The first-order chi connectivity index (χ1) is 14.0. The second kappa shape index (κ2) is 8.40. The van der Waals surface area contributed by atoms with E-state index in [1.165, 1.54) is 0 Å². The molecule has 3 aliphatic heterocycles. The van der Waals surface area contributed by atoms with E-state index in [4.69, 9.17) is 9.47 Å². The van der Waals surface area contributed by atoms with Gasteiger partial charge in [0, 0.05) is 43.9 Å². The zero-order valence-corrected chi connectivity index (χ0v) is 17.4. The van der Waals surface area contributed by atoms with E-state index in [-0.39, 0.29) is 42.0 Å². The number of unbranched alkanes of at least 4 members (excludes halogenated alkanes) is 1. The molecule has 1 aromatic heterocycles. The zero-order chi connectivity index (χ0) is 20.4. The molecule has 4 atom stereocenters. The van der Waals surface area contributed by atoms with Crippen LogP contribution in [-0.4, -0.2) is 66.3 Å². The third-order valence-corrected chi connectivity index (χ3v) is 6.79. The molecule has 0 radical (unpaired) electrons. The van der Waals surface area contributed by atoms with Gasteiger partial charge in [-0.1, -0.05) is 13.3 Å². The number of carbonyl (C=O) groups excluding carboxylic acids is 2. The molecule has 1 aromatic rings. The highest BCUT2D eigenvalue weighted by Crippen LogP contribution is 2.54. The number of aromatic nitrogens is 1. The lowest BCUT2D eigenvalue weighted by molar-refractivity contribution is -0.136. The molecule has 4 rings (SSSR count). The normalized spacial score (nSPS) is 29.9. The Labute approximate surface area is 172 Å². The summed E-state index contributed by atoms with van der Waals surface area (Å²) in [6.07, 6.45) is 7.50. The predicted octanol–water partition coefficient (Wildman–Crippen LogP) is 1.94. The molecule has 0 aromatic carbocycles. The average molecular weight is 402 g/mol. The molecule has 0 unspecified atom stereocenters. The molecule has 4 heterocycles. The van der Waals surface area contributed by atoms with Crippen LogP contribution >= 0.6 is 0 Å². The largest absolute Gasteiger partial charge is 0.372 e. The number of nitrogens with one attached hydrogen (secondary N) is 1. The third kappa shape index (κ3) is 3.90. The Morgan fingerprint density at radius 2 is 2.31 bits per heavy atom. The van der Waals surface area contributed by atoms with Crippen molar-refractivity contribution in [3.63, 3.8) is 0 Å². The lowest BCUT2D eigenvalue weighted by Gasteiger charge is -2.29. The summed E-state index contributed by atoms with van der Waals surface area (Å²) in [5.74, 6) is 0.466. The van der Waals surface area contributed by atoms with E-state index < -0.39 is 0 Å². The van der Waals surface area contributed by atoms with Crippen LogP contribution in [0.3, 0.4) is 0 Å². The summed E-state index contributed by atoms with van der Waals surface area (Å²) < 4.78 is 11.9. The molecule has 158 valence electrons. The summed E-state index contributed by atoms with van der Waals surface area (Å²) in [7, 11) is 0. The minimum atomic E-state index is -0.233. The maximum absolute atomic E-state index is 12.6. The van der Waals surface area contributed by atoms with E-state index in [0.29, 0.717) is 31.8 Å². The van der Waals surface area contributed by atoms with Crippen LogP contribution in [0.2, 0.25) is 0 Å². The van der Waals surface area contributed by atoms with Gasteiger partial charge in [-0.2, -0.15) is 0 Å². The van der Waals surface area contributed by atoms with Crippen LogP contribution in [-0.2, 0) is 14.3 Å². The molecule has 1 N–H and O–H groups in total. The minimum Gasteiger partial charge on any atom is -0.372 e. The van der Waals surface area contributed by atoms with E-state index in [1.54, 1.807) is 12.4 Å². The molecule has 3 saturated heterocycles. The summed E-state index contributed by atoms with van der Waals surface area (Å²) in [4.78, 5) is 31.1. The first-order valence-electron chi connectivity index (χ1n) is 10.8. The number of amides is 2. The summed E-state index contributed by atoms with van der Waals surface area (Å²) in [6, 6.07) is 1.84. The van der Waals surface area contributed by atoms with Crippen molar-refractivity contribution in [2.75, 3.05) is 32.8 Å². The molecular weight excluding hydrogens is 370 g/mol. The maximum Gasteiger partial charge on any atom is 0.253 e. The van der Waals surface area contributed by atoms with Crippen LogP contribution in [0, 0.1) is 18.8 Å². The van der Waals surface area contributed by atoms with Crippen molar-refractivity contribution >= 4 is 11.8 Å². The van der Waals surface area contributed by atoms with Gasteiger partial charge in [0.2, 0.25) is 5.91 Å². The SMILES string of the molecule is CCCCOCC(=O)N1C[C@@H]2[C@H](CNC(=O)c3cnccc3C)[C@H]3CC[C@]2(C1)O3. The number of nitrogens with zero attached hydrogens (tertiary/aromatic N) is 2. The highest BCUT2D eigenvalue weighted by Gasteiger charge is 2.63. The van der Waals surface area contributed by atoms with E-state index >= 15 is 0 Å². The lowest BCUT2D eigenvalue weighted by atomic mass is 9.73. The van der Waals surface area contributed by atoms with Gasteiger partial charge in [-0.15, -0.1) is 0 Å². The summed E-state index contributed by atoms with van der Waals surface area (Å²) in [5, 5.41) is 3.08. The third-order valence-electron chi connectivity index (χ3n) is 6.79. The van der Waals surface area contributed by atoms with Gasteiger partial charge in [0.1, 0.15) is 6.61 Å². The Morgan fingerprint density at radius 3 is 3.10 bits per heavy atom. The van der Waals surface area contributed by atoms with Gasteiger partial charge in [0.05, 0.1) is 23.8 Å². The van der Waals surface area contributed by atoms with Crippen LogP contribution in [0.15, 0.2) is 18.5 Å². The number of fused-ring (bicyclic) bond motifs is 1. The van der Waals surface area contributed by atoms with Crippen LogP contribution in [0.5, 0.6) is 0 Å². The molecule has 7 heteroatoms. The van der Waals surface area contributed by atoms with Gasteiger partial charge in [-0.25, -0.2) is 0 Å². The van der Waals surface area contributed by atoms with Gasteiger partial charge in [0.15, 0.2) is 0 Å². The number of carbonyl (C=O) groups is 2. The van der Waals surface area contributed by atoms with Crippen LogP contribution in [0.1, 0.15) is 48.5 Å². The van der Waals surface area contributed by atoms with Crippen molar-refractivity contribution in [1.82, 2.24) is 15.2 Å². The quantitative estimate of drug-likeness (QED) is 0.674. The van der Waals surface area contributed by atoms with Gasteiger partial charge in [-0.3, -0.25) is 14.6 Å². The number of ether oxygens (including phenoxy) is 2. The Balaban J connectivity index is 1.35. The molecule has 1 spiro atoms.